The van der Waals surface area contributed by atoms with E-state index in [2.05, 4.69) is 13.5 Å². The monoisotopic (exact) mass is 172 g/mol. The number of unbranched alkanes of at least 4 members (excludes halogenated alkanes) is 6. The molecule has 0 atom stereocenters. The first kappa shape index (κ1) is 13.5. The van der Waals surface area contributed by atoms with Gasteiger partial charge in [0.25, 0.3) is 0 Å². The smallest absolute Gasteiger partial charge is 0.0149 e. The van der Waals surface area contributed by atoms with E-state index in [-0.39, 0.29) is 11.0 Å². The predicted octanol–water partition coefficient (Wildman–Crippen LogP) is 2.47. The van der Waals surface area contributed by atoms with E-state index in [1.165, 1.54) is 44.9 Å². The molecule has 68 valence electrons. The zero-order valence-corrected chi connectivity index (χ0v) is 7.23. The molecule has 0 radical (unpaired) electrons. The summed E-state index contributed by atoms with van der Waals surface area (Å²) >= 11 is 0. The molecule has 0 aliphatic rings. The standard InChI is InChI=1S/C10H20.H4Si/c1-3-5-7-9-10-8-6-4-2;/h3H,1,4-10H2,2H3;1H4. The van der Waals surface area contributed by atoms with Crippen LogP contribution in [0.5, 0.6) is 0 Å². The molecule has 0 aliphatic heterocycles. The molecule has 0 unspecified atom stereocenters. The Hall–Kier alpha value is -0.0431. The molecule has 0 fully saturated rings. The second-order valence-electron chi connectivity index (χ2n) is 2.85. The molecule has 0 aromatic carbocycles. The van der Waals surface area contributed by atoms with Crippen molar-refractivity contribution in [2.45, 2.75) is 51.9 Å². The Morgan fingerprint density at radius 2 is 1.55 bits per heavy atom. The van der Waals surface area contributed by atoms with E-state index in [1.54, 1.807) is 0 Å². The number of rotatable bonds is 7. The van der Waals surface area contributed by atoms with Gasteiger partial charge in [-0.05, 0) is 23.8 Å². The van der Waals surface area contributed by atoms with Crippen molar-refractivity contribution in [3.8, 4) is 0 Å². The third-order valence-corrected chi connectivity index (χ3v) is 1.76. The van der Waals surface area contributed by atoms with E-state index in [1.807, 2.05) is 6.08 Å². The molecule has 0 saturated heterocycles. The van der Waals surface area contributed by atoms with Crippen LogP contribution in [0.3, 0.4) is 0 Å². The summed E-state index contributed by atoms with van der Waals surface area (Å²) in [7, 11) is 0. The van der Waals surface area contributed by atoms with Gasteiger partial charge in [-0.2, -0.15) is 0 Å². The molecular formula is C10H24Si. The van der Waals surface area contributed by atoms with E-state index in [0.717, 1.165) is 0 Å². The molecular weight excluding hydrogens is 148 g/mol. The average molecular weight is 172 g/mol. The first-order valence-electron chi connectivity index (χ1n) is 4.52. The highest BCUT2D eigenvalue weighted by Gasteiger charge is 1.86. The van der Waals surface area contributed by atoms with Crippen LogP contribution in [0.4, 0.5) is 0 Å². The summed E-state index contributed by atoms with van der Waals surface area (Å²) in [5, 5.41) is 0. The van der Waals surface area contributed by atoms with E-state index < -0.39 is 0 Å². The number of hydrogen-bond acceptors (Lipinski definition) is 0. The van der Waals surface area contributed by atoms with Gasteiger partial charge in [-0.25, -0.2) is 0 Å². The summed E-state index contributed by atoms with van der Waals surface area (Å²) < 4.78 is 0. The molecule has 0 aromatic heterocycles. The Morgan fingerprint density at radius 1 is 1.00 bits per heavy atom. The van der Waals surface area contributed by atoms with Crippen molar-refractivity contribution in [2.24, 2.45) is 0 Å². The second-order valence-corrected chi connectivity index (χ2v) is 2.85. The third kappa shape index (κ3) is 13.0. The molecule has 0 heterocycles. The summed E-state index contributed by atoms with van der Waals surface area (Å²) in [5.74, 6) is 0. The second kappa shape index (κ2) is 12.6. The van der Waals surface area contributed by atoms with Crippen LogP contribution in [-0.2, 0) is 0 Å². The van der Waals surface area contributed by atoms with E-state index in [9.17, 15) is 0 Å². The van der Waals surface area contributed by atoms with E-state index in [4.69, 9.17) is 0 Å². The fourth-order valence-electron chi connectivity index (χ4n) is 1.07. The van der Waals surface area contributed by atoms with E-state index in [0.29, 0.717) is 0 Å². The Morgan fingerprint density at radius 3 is 2.09 bits per heavy atom. The molecule has 0 nitrogen and oxygen atoms in total. The van der Waals surface area contributed by atoms with Gasteiger partial charge in [0.05, 0.1) is 0 Å². The molecule has 0 spiro atoms. The fraction of sp³-hybridized carbons (Fsp3) is 0.800. The van der Waals surface area contributed by atoms with Crippen LogP contribution in [0.15, 0.2) is 12.7 Å². The van der Waals surface area contributed by atoms with Crippen molar-refractivity contribution in [1.82, 2.24) is 0 Å². The summed E-state index contributed by atoms with van der Waals surface area (Å²) in [4.78, 5) is 0. The first-order valence-corrected chi connectivity index (χ1v) is 4.52. The largest absolute Gasteiger partial charge is 0.103 e. The maximum atomic E-state index is 3.69. The van der Waals surface area contributed by atoms with Crippen molar-refractivity contribution in [2.75, 3.05) is 0 Å². The lowest BCUT2D eigenvalue weighted by Crippen LogP contribution is -1.76. The molecule has 0 saturated carbocycles. The van der Waals surface area contributed by atoms with Crippen molar-refractivity contribution in [3.05, 3.63) is 12.7 Å². The van der Waals surface area contributed by atoms with Gasteiger partial charge in [0, 0.05) is 0 Å². The highest BCUT2D eigenvalue weighted by molar-refractivity contribution is 5.75. The molecule has 0 amide bonds. The number of allylic oxidation sites excluding steroid dienone is 1. The maximum absolute atomic E-state index is 3.69. The van der Waals surface area contributed by atoms with Gasteiger partial charge in [0.15, 0.2) is 0 Å². The number of hydrogen-bond donors (Lipinski definition) is 0. The molecule has 0 rings (SSSR count). The van der Waals surface area contributed by atoms with Gasteiger partial charge in [-0.3, -0.25) is 0 Å². The SMILES string of the molecule is C=CCCCCCCCC.[SiH4]. The lowest BCUT2D eigenvalue weighted by atomic mass is 10.1. The summed E-state index contributed by atoms with van der Waals surface area (Å²) in [6.45, 7) is 5.95. The van der Waals surface area contributed by atoms with Gasteiger partial charge >= 0.3 is 0 Å². The zero-order chi connectivity index (χ0) is 7.66. The van der Waals surface area contributed by atoms with Crippen LogP contribution in [-0.4, -0.2) is 11.0 Å². The van der Waals surface area contributed by atoms with Crippen molar-refractivity contribution in [1.29, 1.82) is 0 Å². The van der Waals surface area contributed by atoms with Crippen LogP contribution in [0.2, 0.25) is 0 Å². The highest BCUT2D eigenvalue weighted by Crippen LogP contribution is 2.06. The van der Waals surface area contributed by atoms with Crippen molar-refractivity contribution >= 4 is 11.0 Å². The fourth-order valence-corrected chi connectivity index (χ4v) is 1.07. The average Bonchev–Trinajstić information content (AvgIpc) is 1.97. The minimum atomic E-state index is 0. The minimum absolute atomic E-state index is 0. The van der Waals surface area contributed by atoms with Crippen LogP contribution in [0, 0.1) is 0 Å². The Balaban J connectivity index is 0. The molecule has 0 aliphatic carbocycles. The topological polar surface area (TPSA) is 0 Å². The van der Waals surface area contributed by atoms with Crippen LogP contribution in [0.25, 0.3) is 0 Å². The Labute approximate surface area is 76.1 Å². The summed E-state index contributed by atoms with van der Waals surface area (Å²) in [5.41, 5.74) is 0. The van der Waals surface area contributed by atoms with Gasteiger partial charge < -0.3 is 0 Å². The Bertz CT molecular complexity index is 69.3. The van der Waals surface area contributed by atoms with Gasteiger partial charge in [-0.15, -0.1) is 6.58 Å². The van der Waals surface area contributed by atoms with Gasteiger partial charge in [-0.1, -0.05) is 45.1 Å². The lowest BCUT2D eigenvalue weighted by Gasteiger charge is -1.96. The molecule has 0 aromatic rings. The highest BCUT2D eigenvalue weighted by atomic mass is 28.1. The maximum Gasteiger partial charge on any atom is -0.0149 e. The first-order chi connectivity index (χ1) is 4.91. The van der Waals surface area contributed by atoms with Crippen molar-refractivity contribution < 1.29 is 0 Å². The molecule has 11 heavy (non-hydrogen) atoms. The normalized spacial score (nSPS) is 8.82. The quantitative estimate of drug-likeness (QED) is 0.314. The molecule has 1 heteroatoms. The Kier molecular flexibility index (Phi) is 15.5. The van der Waals surface area contributed by atoms with Crippen LogP contribution in [0.1, 0.15) is 51.9 Å². The lowest BCUT2D eigenvalue weighted by molar-refractivity contribution is 0.611. The zero-order valence-electron chi connectivity index (χ0n) is 7.23. The van der Waals surface area contributed by atoms with Crippen LogP contribution < -0.4 is 0 Å². The van der Waals surface area contributed by atoms with Crippen LogP contribution >= 0.6 is 0 Å². The third-order valence-electron chi connectivity index (χ3n) is 1.76. The van der Waals surface area contributed by atoms with E-state index >= 15 is 0 Å². The summed E-state index contributed by atoms with van der Waals surface area (Å²) in [6, 6.07) is 0. The van der Waals surface area contributed by atoms with Gasteiger partial charge in [0.1, 0.15) is 0 Å². The molecule has 0 N–H and O–H groups in total. The predicted molar refractivity (Wildman–Crippen MR) is 59.5 cm³/mol. The minimum Gasteiger partial charge on any atom is -0.103 e. The van der Waals surface area contributed by atoms with Gasteiger partial charge in [0.2, 0.25) is 0 Å². The summed E-state index contributed by atoms with van der Waals surface area (Å²) in [6.07, 6.45) is 11.6. The molecule has 0 bridgehead atoms. The van der Waals surface area contributed by atoms with Crippen molar-refractivity contribution in [3.63, 3.8) is 0 Å².